The van der Waals surface area contributed by atoms with Crippen LogP contribution in [-0.2, 0) is 5.41 Å². The van der Waals surface area contributed by atoms with Crippen LogP contribution in [0.5, 0.6) is 23.0 Å². The summed E-state index contributed by atoms with van der Waals surface area (Å²) in [6.45, 7) is 0. The van der Waals surface area contributed by atoms with E-state index < -0.39 is 5.41 Å². The van der Waals surface area contributed by atoms with Gasteiger partial charge in [-0.1, -0.05) is 152 Å². The van der Waals surface area contributed by atoms with Crippen LogP contribution in [0.3, 0.4) is 0 Å². The monoisotopic (exact) mass is 665 g/mol. The van der Waals surface area contributed by atoms with E-state index in [9.17, 15) is 0 Å². The molecule has 244 valence electrons. The van der Waals surface area contributed by atoms with Gasteiger partial charge in [0, 0.05) is 49.8 Å². The van der Waals surface area contributed by atoms with Gasteiger partial charge >= 0.3 is 0 Å². The van der Waals surface area contributed by atoms with Crippen molar-refractivity contribution in [3.63, 3.8) is 0 Å². The largest absolute Gasteiger partial charge is 0.457 e. The summed E-state index contributed by atoms with van der Waals surface area (Å²) >= 11 is 0. The van der Waals surface area contributed by atoms with Gasteiger partial charge in [-0.15, -0.1) is 0 Å². The minimum atomic E-state index is -0.762. The van der Waals surface area contributed by atoms with Crippen LogP contribution in [0, 0.1) is 0 Å². The summed E-state index contributed by atoms with van der Waals surface area (Å²) in [7, 11) is 0. The van der Waals surface area contributed by atoms with Crippen molar-refractivity contribution in [1.29, 1.82) is 0 Å². The second kappa shape index (κ2) is 11.1. The molecule has 0 unspecified atom stereocenters. The molecule has 3 nitrogen and oxygen atoms in total. The van der Waals surface area contributed by atoms with Crippen molar-refractivity contribution in [3.8, 4) is 50.9 Å². The molecule has 0 fully saturated rings. The summed E-state index contributed by atoms with van der Waals surface area (Å²) in [4.78, 5) is 0. The molecule has 0 aliphatic carbocycles. The van der Waals surface area contributed by atoms with Crippen molar-refractivity contribution in [2.24, 2.45) is 0 Å². The Bertz CT molecular complexity index is 2810. The number of para-hydroxylation sites is 6. The lowest BCUT2D eigenvalue weighted by atomic mass is 9.60. The van der Waals surface area contributed by atoms with E-state index in [1.807, 2.05) is 0 Å². The molecule has 0 bridgehead atoms. The average Bonchev–Trinajstić information content (AvgIpc) is 3.56. The Morgan fingerprint density at radius 3 is 1.73 bits per heavy atom. The predicted octanol–water partition coefficient (Wildman–Crippen LogP) is 12.7. The molecule has 3 heteroatoms. The summed E-state index contributed by atoms with van der Waals surface area (Å²) in [5.41, 5.74) is 11.5. The molecule has 3 heterocycles. The highest BCUT2D eigenvalue weighted by Crippen LogP contribution is 2.64. The van der Waals surface area contributed by atoms with Crippen LogP contribution in [0.25, 0.3) is 49.7 Å². The Hall–Kier alpha value is -6.84. The maximum absolute atomic E-state index is 7.22. The zero-order valence-electron chi connectivity index (χ0n) is 28.2. The fourth-order valence-corrected chi connectivity index (χ4v) is 8.89. The molecule has 0 atom stereocenters. The number of hydrogen-bond acceptors (Lipinski definition) is 2. The Morgan fingerprint density at radius 2 is 0.942 bits per heavy atom. The van der Waals surface area contributed by atoms with Gasteiger partial charge in [-0.25, -0.2) is 0 Å². The molecule has 11 rings (SSSR count). The molecular formula is C49H31NO2. The number of nitrogens with zero attached hydrogens (tertiary/aromatic N) is 1. The zero-order valence-corrected chi connectivity index (χ0v) is 28.2. The van der Waals surface area contributed by atoms with Crippen molar-refractivity contribution in [2.45, 2.75) is 5.41 Å². The molecule has 0 amide bonds. The topological polar surface area (TPSA) is 23.4 Å². The van der Waals surface area contributed by atoms with E-state index in [2.05, 4.69) is 193 Å². The first-order valence-corrected chi connectivity index (χ1v) is 17.8. The third-order valence-electron chi connectivity index (χ3n) is 10.9. The summed E-state index contributed by atoms with van der Waals surface area (Å²) < 4.78 is 16.4. The molecule has 9 aromatic rings. The fraction of sp³-hybridized carbons (Fsp3) is 0.0204. The number of aromatic nitrogens is 1. The first kappa shape index (κ1) is 28.9. The molecular weight excluding hydrogens is 635 g/mol. The maximum atomic E-state index is 7.22. The average molecular weight is 666 g/mol. The maximum Gasteiger partial charge on any atom is 0.140 e. The number of fused-ring (bicyclic) bond motifs is 11. The third kappa shape index (κ3) is 3.91. The first-order valence-electron chi connectivity index (χ1n) is 17.8. The highest BCUT2D eigenvalue weighted by atomic mass is 16.5. The van der Waals surface area contributed by atoms with E-state index in [0.717, 1.165) is 78.7 Å². The van der Waals surface area contributed by atoms with Gasteiger partial charge in [-0.2, -0.15) is 0 Å². The normalized spacial score (nSPS) is 13.5. The van der Waals surface area contributed by atoms with E-state index >= 15 is 0 Å². The number of hydrogen-bond donors (Lipinski definition) is 0. The van der Waals surface area contributed by atoms with Gasteiger partial charge in [0.1, 0.15) is 23.0 Å². The Labute approximate surface area is 301 Å². The molecule has 52 heavy (non-hydrogen) atoms. The van der Waals surface area contributed by atoms with Crippen molar-refractivity contribution < 1.29 is 9.47 Å². The lowest BCUT2D eigenvalue weighted by Gasteiger charge is -2.46. The van der Waals surface area contributed by atoms with Gasteiger partial charge in [0.25, 0.3) is 0 Å². The van der Waals surface area contributed by atoms with Crippen molar-refractivity contribution >= 4 is 21.8 Å². The van der Waals surface area contributed by atoms with Crippen LogP contribution in [0.15, 0.2) is 188 Å². The van der Waals surface area contributed by atoms with Gasteiger partial charge in [-0.05, 0) is 47.5 Å². The molecule has 1 spiro atoms. The predicted molar refractivity (Wildman–Crippen MR) is 210 cm³/mol. The van der Waals surface area contributed by atoms with Crippen LogP contribution < -0.4 is 9.47 Å². The molecule has 2 aliphatic heterocycles. The van der Waals surface area contributed by atoms with Gasteiger partial charge in [0.15, 0.2) is 0 Å². The smallest absolute Gasteiger partial charge is 0.140 e. The summed E-state index contributed by atoms with van der Waals surface area (Å²) in [5, 5.41) is 2.43. The molecule has 2 aliphatic rings. The van der Waals surface area contributed by atoms with E-state index in [4.69, 9.17) is 9.47 Å². The standard InChI is InChI=1S/C49H31NO2/c1-3-16-32(17-4-1)34-21-14-27-41-48(34)52-45-31-15-22-36(46(45)49(41)39-25-8-11-29-43(39)51-44-30-12-9-26-40(44)49)38-24-13-23-37-35-20-7-10-28-42(35)50(47(37)38)33-18-5-2-6-19-33/h1-31H. The number of rotatable bonds is 3. The van der Waals surface area contributed by atoms with Crippen LogP contribution >= 0.6 is 0 Å². The SMILES string of the molecule is c1ccc(-c2cccc3c2Oc2cccc(-c4cccc5c6ccccc6n(-c6ccccc6)c45)c2C32c3ccccc3Oc3ccccc32)cc1. The molecule has 8 aromatic carbocycles. The lowest BCUT2D eigenvalue weighted by molar-refractivity contribution is 0.401. The second-order valence-electron chi connectivity index (χ2n) is 13.6. The lowest BCUT2D eigenvalue weighted by Crippen LogP contribution is -2.37. The van der Waals surface area contributed by atoms with E-state index in [-0.39, 0.29) is 0 Å². The number of benzene rings is 8. The second-order valence-corrected chi connectivity index (χ2v) is 13.6. The van der Waals surface area contributed by atoms with Crippen LogP contribution in [0.2, 0.25) is 0 Å². The summed E-state index contributed by atoms with van der Waals surface area (Å²) in [6.07, 6.45) is 0. The van der Waals surface area contributed by atoms with Gasteiger partial charge in [0.2, 0.25) is 0 Å². The Kier molecular flexibility index (Phi) is 6.17. The molecule has 1 aromatic heterocycles. The third-order valence-corrected chi connectivity index (χ3v) is 10.9. The summed E-state index contributed by atoms with van der Waals surface area (Å²) in [5.74, 6) is 3.38. The molecule has 0 saturated heterocycles. The summed E-state index contributed by atoms with van der Waals surface area (Å²) in [6, 6.07) is 66.9. The van der Waals surface area contributed by atoms with Crippen molar-refractivity contribution in [2.75, 3.05) is 0 Å². The minimum absolute atomic E-state index is 0.762. The highest BCUT2D eigenvalue weighted by molar-refractivity contribution is 6.14. The Balaban J connectivity index is 1.32. The molecule has 0 saturated carbocycles. The Morgan fingerprint density at radius 1 is 0.385 bits per heavy atom. The van der Waals surface area contributed by atoms with Crippen LogP contribution in [-0.4, -0.2) is 4.57 Å². The van der Waals surface area contributed by atoms with E-state index in [1.165, 1.54) is 16.3 Å². The zero-order chi connectivity index (χ0) is 34.2. The molecule has 0 radical (unpaired) electrons. The van der Waals surface area contributed by atoms with Gasteiger partial charge in [-0.3, -0.25) is 0 Å². The van der Waals surface area contributed by atoms with Gasteiger partial charge in [0.05, 0.1) is 16.4 Å². The van der Waals surface area contributed by atoms with Crippen molar-refractivity contribution in [1.82, 2.24) is 4.57 Å². The minimum Gasteiger partial charge on any atom is -0.457 e. The van der Waals surface area contributed by atoms with E-state index in [1.54, 1.807) is 0 Å². The quantitative estimate of drug-likeness (QED) is 0.187. The highest BCUT2D eigenvalue weighted by Gasteiger charge is 2.52. The van der Waals surface area contributed by atoms with Crippen LogP contribution in [0.4, 0.5) is 0 Å². The molecule has 0 N–H and O–H groups in total. The first-order chi connectivity index (χ1) is 25.8. The fourth-order valence-electron chi connectivity index (χ4n) is 8.89. The van der Waals surface area contributed by atoms with Crippen LogP contribution in [0.1, 0.15) is 22.3 Å². The van der Waals surface area contributed by atoms with Gasteiger partial charge < -0.3 is 14.0 Å². The van der Waals surface area contributed by atoms with Crippen molar-refractivity contribution in [3.05, 3.63) is 210 Å². The van der Waals surface area contributed by atoms with E-state index in [0.29, 0.717) is 0 Å². The number of ether oxygens (including phenoxy) is 2.